The van der Waals surface area contributed by atoms with Crippen molar-refractivity contribution in [3.63, 3.8) is 0 Å². The third-order valence-corrected chi connectivity index (χ3v) is 5.28. The molecule has 0 bridgehead atoms. The van der Waals surface area contributed by atoms with Crippen molar-refractivity contribution in [3.05, 3.63) is 58.6 Å². The van der Waals surface area contributed by atoms with E-state index in [4.69, 9.17) is 21.1 Å². The van der Waals surface area contributed by atoms with Crippen LogP contribution in [0.3, 0.4) is 0 Å². The molecule has 3 rings (SSSR count). The summed E-state index contributed by atoms with van der Waals surface area (Å²) in [5.74, 6) is 1.45. The molecule has 0 atom stereocenters. The molecule has 0 aliphatic carbocycles. The van der Waals surface area contributed by atoms with E-state index in [0.29, 0.717) is 23.6 Å². The van der Waals surface area contributed by atoms with Crippen LogP contribution in [0.15, 0.2) is 42.5 Å². The average Bonchev–Trinajstić information content (AvgIpc) is 3.01. The van der Waals surface area contributed by atoms with Gasteiger partial charge in [0.05, 0.1) is 5.75 Å². The lowest BCUT2D eigenvalue weighted by atomic mass is 10.1. The lowest BCUT2D eigenvalue weighted by molar-refractivity contribution is 0.174. The van der Waals surface area contributed by atoms with Crippen molar-refractivity contribution in [3.8, 4) is 11.5 Å². The quantitative estimate of drug-likeness (QED) is 0.764. The molecule has 0 fully saturated rings. The van der Waals surface area contributed by atoms with Crippen LogP contribution in [-0.4, -0.2) is 21.8 Å². The van der Waals surface area contributed by atoms with Gasteiger partial charge in [0.15, 0.2) is 11.5 Å². The number of fused-ring (bicyclic) bond motifs is 1. The van der Waals surface area contributed by atoms with Crippen LogP contribution in [0.25, 0.3) is 0 Å². The van der Waals surface area contributed by atoms with E-state index >= 15 is 0 Å². The highest BCUT2D eigenvalue weighted by Crippen LogP contribution is 2.32. The maximum absolute atomic E-state index is 12.1. The highest BCUT2D eigenvalue weighted by atomic mass is 35.5. The Hall–Kier alpha value is -1.76. The van der Waals surface area contributed by atoms with Gasteiger partial charge in [0.25, 0.3) is 0 Å². The average molecular weight is 368 g/mol. The van der Waals surface area contributed by atoms with Gasteiger partial charge in [0, 0.05) is 11.6 Å². The van der Waals surface area contributed by atoms with Gasteiger partial charge in [-0.25, -0.2) is 13.1 Å². The highest BCUT2D eigenvalue weighted by molar-refractivity contribution is 7.88. The number of hydrogen-bond acceptors (Lipinski definition) is 4. The highest BCUT2D eigenvalue weighted by Gasteiger charge is 2.14. The molecule has 1 heterocycles. The summed E-state index contributed by atoms with van der Waals surface area (Å²) >= 11 is 5.80. The minimum atomic E-state index is -3.35. The summed E-state index contributed by atoms with van der Waals surface area (Å²) in [6, 6.07) is 12.6. The molecule has 0 aromatic heterocycles. The number of hydrogen-bond donors (Lipinski definition) is 1. The zero-order valence-corrected chi connectivity index (χ0v) is 14.6. The van der Waals surface area contributed by atoms with Crippen LogP contribution in [-0.2, 0) is 22.2 Å². The van der Waals surface area contributed by atoms with E-state index < -0.39 is 10.0 Å². The predicted octanol–water partition coefficient (Wildman–Crippen LogP) is 3.12. The number of ether oxygens (including phenoxy) is 2. The number of benzene rings is 2. The number of aryl methyl sites for hydroxylation is 1. The summed E-state index contributed by atoms with van der Waals surface area (Å²) < 4.78 is 37.4. The van der Waals surface area contributed by atoms with E-state index in [-0.39, 0.29) is 12.5 Å². The smallest absolute Gasteiger partial charge is 0.231 e. The molecular formula is C17H18ClNO4S. The Morgan fingerprint density at radius 3 is 2.50 bits per heavy atom. The Labute approximate surface area is 146 Å². The van der Waals surface area contributed by atoms with Gasteiger partial charge >= 0.3 is 0 Å². The van der Waals surface area contributed by atoms with Crippen molar-refractivity contribution in [1.29, 1.82) is 0 Å². The van der Waals surface area contributed by atoms with Crippen molar-refractivity contribution in [2.75, 3.05) is 13.3 Å². The predicted molar refractivity (Wildman–Crippen MR) is 93.0 cm³/mol. The van der Waals surface area contributed by atoms with E-state index in [9.17, 15) is 8.42 Å². The molecule has 1 aliphatic rings. The molecule has 2 aromatic carbocycles. The number of halogens is 1. The van der Waals surface area contributed by atoms with Gasteiger partial charge in [-0.05, 0) is 48.2 Å². The second kappa shape index (κ2) is 7.42. The number of sulfonamides is 1. The molecule has 2 aromatic rings. The Morgan fingerprint density at radius 2 is 1.71 bits per heavy atom. The fourth-order valence-corrected chi connectivity index (χ4v) is 3.78. The first-order valence-electron chi connectivity index (χ1n) is 7.62. The summed E-state index contributed by atoms with van der Waals surface area (Å²) in [5.41, 5.74) is 1.80. The molecule has 7 heteroatoms. The van der Waals surface area contributed by atoms with E-state index in [2.05, 4.69) is 4.72 Å². The first-order chi connectivity index (χ1) is 11.5. The third kappa shape index (κ3) is 4.63. The Bertz CT molecular complexity index is 806. The molecule has 24 heavy (non-hydrogen) atoms. The lowest BCUT2D eigenvalue weighted by Gasteiger charge is -2.07. The zero-order valence-electron chi connectivity index (χ0n) is 13.0. The standard InChI is InChI=1S/C17H18ClNO4S/c18-15-6-3-14(4-7-15)11-24(20,21)19-9-1-2-13-5-8-16-17(10-13)23-12-22-16/h3-8,10,19H,1-2,9,11-12H2. The Morgan fingerprint density at radius 1 is 1.00 bits per heavy atom. The maximum Gasteiger partial charge on any atom is 0.231 e. The molecule has 1 N–H and O–H groups in total. The Kier molecular flexibility index (Phi) is 5.28. The molecule has 0 spiro atoms. The zero-order chi connectivity index (χ0) is 17.0. The van der Waals surface area contributed by atoms with E-state index in [0.717, 1.165) is 23.5 Å². The summed E-state index contributed by atoms with van der Waals surface area (Å²) in [7, 11) is -3.35. The molecule has 0 saturated heterocycles. The van der Waals surface area contributed by atoms with Crippen molar-refractivity contribution < 1.29 is 17.9 Å². The van der Waals surface area contributed by atoms with Gasteiger partial charge in [-0.15, -0.1) is 0 Å². The minimum absolute atomic E-state index is 0.0474. The fourth-order valence-electron chi connectivity index (χ4n) is 2.47. The normalized spacial score (nSPS) is 13.2. The van der Waals surface area contributed by atoms with E-state index in [1.165, 1.54) is 0 Å². The monoisotopic (exact) mass is 367 g/mol. The molecule has 0 saturated carbocycles. The largest absolute Gasteiger partial charge is 0.454 e. The summed E-state index contributed by atoms with van der Waals surface area (Å²) in [6.07, 6.45) is 1.47. The van der Waals surface area contributed by atoms with Gasteiger partial charge in [-0.2, -0.15) is 0 Å². The third-order valence-electron chi connectivity index (χ3n) is 3.67. The van der Waals surface area contributed by atoms with Gasteiger partial charge in [-0.3, -0.25) is 0 Å². The van der Waals surface area contributed by atoms with Gasteiger partial charge in [0.1, 0.15) is 0 Å². The number of rotatable bonds is 7. The first-order valence-corrected chi connectivity index (χ1v) is 9.65. The molecule has 0 unspecified atom stereocenters. The van der Waals surface area contributed by atoms with E-state index in [1.54, 1.807) is 24.3 Å². The molecule has 5 nitrogen and oxygen atoms in total. The van der Waals surface area contributed by atoms with Gasteiger partial charge < -0.3 is 9.47 Å². The van der Waals surface area contributed by atoms with Gasteiger partial charge in [0.2, 0.25) is 16.8 Å². The van der Waals surface area contributed by atoms with Gasteiger partial charge in [-0.1, -0.05) is 29.8 Å². The van der Waals surface area contributed by atoms with Crippen LogP contribution in [0.2, 0.25) is 5.02 Å². The summed E-state index contributed by atoms with van der Waals surface area (Å²) in [6.45, 7) is 0.646. The summed E-state index contributed by atoms with van der Waals surface area (Å²) in [5, 5.41) is 0.591. The fraction of sp³-hybridized carbons (Fsp3) is 0.294. The van der Waals surface area contributed by atoms with Crippen LogP contribution in [0.4, 0.5) is 0 Å². The van der Waals surface area contributed by atoms with Crippen molar-refractivity contribution >= 4 is 21.6 Å². The number of nitrogens with one attached hydrogen (secondary N) is 1. The minimum Gasteiger partial charge on any atom is -0.454 e. The van der Waals surface area contributed by atoms with Crippen molar-refractivity contribution in [1.82, 2.24) is 4.72 Å². The van der Waals surface area contributed by atoms with Crippen molar-refractivity contribution in [2.45, 2.75) is 18.6 Å². The van der Waals surface area contributed by atoms with Crippen LogP contribution in [0.5, 0.6) is 11.5 Å². The lowest BCUT2D eigenvalue weighted by Crippen LogP contribution is -2.26. The van der Waals surface area contributed by atoms with Crippen LogP contribution in [0, 0.1) is 0 Å². The topological polar surface area (TPSA) is 64.6 Å². The molecule has 0 amide bonds. The molecule has 1 aliphatic heterocycles. The molecule has 128 valence electrons. The summed E-state index contributed by atoms with van der Waals surface area (Å²) in [4.78, 5) is 0. The molecular weight excluding hydrogens is 350 g/mol. The van der Waals surface area contributed by atoms with Crippen LogP contribution < -0.4 is 14.2 Å². The second-order valence-electron chi connectivity index (χ2n) is 5.57. The van der Waals surface area contributed by atoms with Crippen LogP contribution in [0.1, 0.15) is 17.5 Å². The van der Waals surface area contributed by atoms with Crippen LogP contribution >= 0.6 is 11.6 Å². The van der Waals surface area contributed by atoms with E-state index in [1.807, 2.05) is 18.2 Å². The SMILES string of the molecule is O=S(=O)(Cc1ccc(Cl)cc1)NCCCc1ccc2c(c1)OCO2. The second-order valence-corrected chi connectivity index (χ2v) is 7.81. The maximum atomic E-state index is 12.1. The Balaban J connectivity index is 1.46. The molecule has 0 radical (unpaired) electrons. The first kappa shape index (κ1) is 17.1. The van der Waals surface area contributed by atoms with Crippen molar-refractivity contribution in [2.24, 2.45) is 0 Å².